The molecule has 0 atom stereocenters. The third kappa shape index (κ3) is 3.60. The summed E-state index contributed by atoms with van der Waals surface area (Å²) in [7, 11) is -3.58. The molecule has 2 aliphatic heterocycles. The van der Waals surface area contributed by atoms with Crippen molar-refractivity contribution in [2.75, 3.05) is 26.2 Å². The van der Waals surface area contributed by atoms with Crippen molar-refractivity contribution in [2.45, 2.75) is 43.4 Å². The predicted molar refractivity (Wildman–Crippen MR) is 93.8 cm³/mol. The van der Waals surface area contributed by atoms with Crippen LogP contribution in [0.3, 0.4) is 0 Å². The molecule has 1 aromatic rings. The van der Waals surface area contributed by atoms with Crippen molar-refractivity contribution < 1.29 is 13.2 Å². The number of halogens is 1. The fourth-order valence-electron chi connectivity index (χ4n) is 3.35. The minimum atomic E-state index is -3.58. The lowest BCUT2D eigenvalue weighted by molar-refractivity contribution is 0.0792. The quantitative estimate of drug-likeness (QED) is 0.821. The van der Waals surface area contributed by atoms with Crippen LogP contribution in [-0.2, 0) is 10.0 Å². The summed E-state index contributed by atoms with van der Waals surface area (Å²) in [6, 6.07) is 4.47. The molecule has 2 heterocycles. The van der Waals surface area contributed by atoms with E-state index in [4.69, 9.17) is 11.6 Å². The summed E-state index contributed by atoms with van der Waals surface area (Å²) in [4.78, 5) is 14.5. The highest BCUT2D eigenvalue weighted by atomic mass is 35.5. The second-order valence-electron chi connectivity index (χ2n) is 6.46. The first-order valence-electron chi connectivity index (χ1n) is 8.59. The number of likely N-dealkylation sites (tertiary alicyclic amines) is 1. The van der Waals surface area contributed by atoms with Gasteiger partial charge < -0.3 is 4.90 Å². The van der Waals surface area contributed by atoms with Crippen LogP contribution in [0.25, 0.3) is 0 Å². The van der Waals surface area contributed by atoms with E-state index < -0.39 is 10.0 Å². The first-order chi connectivity index (χ1) is 11.5. The van der Waals surface area contributed by atoms with Gasteiger partial charge in [0.1, 0.15) is 0 Å². The van der Waals surface area contributed by atoms with Gasteiger partial charge in [0.05, 0.1) is 15.5 Å². The van der Waals surface area contributed by atoms with E-state index in [1.54, 1.807) is 4.90 Å². The first-order valence-corrected chi connectivity index (χ1v) is 10.4. The lowest BCUT2D eigenvalue weighted by atomic mass is 10.2. The van der Waals surface area contributed by atoms with Gasteiger partial charge in [0.15, 0.2) is 0 Å². The highest BCUT2D eigenvalue weighted by molar-refractivity contribution is 7.89. The maximum Gasteiger partial charge on any atom is 0.255 e. The van der Waals surface area contributed by atoms with Crippen molar-refractivity contribution in [3.05, 3.63) is 28.8 Å². The summed E-state index contributed by atoms with van der Waals surface area (Å²) in [5, 5.41) is 0.307. The van der Waals surface area contributed by atoms with Crippen LogP contribution in [0.5, 0.6) is 0 Å². The molecule has 7 heteroatoms. The van der Waals surface area contributed by atoms with Gasteiger partial charge in [-0.05, 0) is 43.9 Å². The molecule has 0 spiro atoms. The van der Waals surface area contributed by atoms with Crippen LogP contribution in [-0.4, -0.2) is 49.7 Å². The summed E-state index contributed by atoms with van der Waals surface area (Å²) in [6.45, 7) is 2.50. The molecule has 0 aliphatic carbocycles. The lowest BCUT2D eigenvalue weighted by Crippen LogP contribution is -2.32. The zero-order chi connectivity index (χ0) is 17.2. The monoisotopic (exact) mass is 370 g/mol. The molecule has 0 radical (unpaired) electrons. The highest BCUT2D eigenvalue weighted by Gasteiger charge is 2.28. The molecular formula is C17H23ClN2O3S. The van der Waals surface area contributed by atoms with Gasteiger partial charge in [0, 0.05) is 26.2 Å². The van der Waals surface area contributed by atoms with E-state index in [-0.39, 0.29) is 16.4 Å². The van der Waals surface area contributed by atoms with Crippen molar-refractivity contribution in [3.63, 3.8) is 0 Å². The SMILES string of the molecule is O=C(c1cc(S(=O)(=O)N2CCCCCC2)ccc1Cl)N1CCCC1. The zero-order valence-electron chi connectivity index (χ0n) is 13.7. The molecule has 0 bridgehead atoms. The molecule has 1 amide bonds. The van der Waals surface area contributed by atoms with Crippen LogP contribution in [0.2, 0.25) is 5.02 Å². The van der Waals surface area contributed by atoms with E-state index >= 15 is 0 Å². The molecule has 0 aromatic heterocycles. The Balaban J connectivity index is 1.90. The Morgan fingerprint density at radius 3 is 2.12 bits per heavy atom. The van der Waals surface area contributed by atoms with Crippen LogP contribution in [0.15, 0.2) is 23.1 Å². The number of carbonyl (C=O) groups is 1. The summed E-state index contributed by atoms with van der Waals surface area (Å²) in [5.41, 5.74) is 0.287. The van der Waals surface area contributed by atoms with Crippen molar-refractivity contribution in [3.8, 4) is 0 Å². The van der Waals surface area contributed by atoms with E-state index in [1.807, 2.05) is 0 Å². The van der Waals surface area contributed by atoms with Gasteiger partial charge >= 0.3 is 0 Å². The van der Waals surface area contributed by atoms with E-state index in [1.165, 1.54) is 22.5 Å². The zero-order valence-corrected chi connectivity index (χ0v) is 15.3. The number of sulfonamides is 1. The summed E-state index contributed by atoms with van der Waals surface area (Å²) in [6.07, 6.45) is 5.85. The standard InChI is InChI=1S/C17H23ClN2O3S/c18-16-8-7-14(13-15(16)17(21)19-9-5-6-10-19)24(22,23)20-11-3-1-2-4-12-20/h7-8,13H,1-6,9-12H2. The van der Waals surface area contributed by atoms with E-state index in [2.05, 4.69) is 0 Å². The predicted octanol–water partition coefficient (Wildman–Crippen LogP) is 3.14. The number of hydrogen-bond donors (Lipinski definition) is 0. The minimum Gasteiger partial charge on any atom is -0.339 e. The molecule has 5 nitrogen and oxygen atoms in total. The van der Waals surface area contributed by atoms with Crippen LogP contribution in [0, 0.1) is 0 Å². The third-order valence-corrected chi connectivity index (χ3v) is 6.99. The smallest absolute Gasteiger partial charge is 0.255 e. The van der Waals surface area contributed by atoms with E-state index in [9.17, 15) is 13.2 Å². The molecule has 3 rings (SSSR count). The van der Waals surface area contributed by atoms with Crippen LogP contribution in [0.1, 0.15) is 48.9 Å². The maximum atomic E-state index is 12.9. The fourth-order valence-corrected chi connectivity index (χ4v) is 5.09. The number of amides is 1. The molecule has 132 valence electrons. The largest absolute Gasteiger partial charge is 0.339 e. The number of nitrogens with zero attached hydrogens (tertiary/aromatic N) is 2. The average Bonchev–Trinajstić information content (AvgIpc) is 2.96. The maximum absolute atomic E-state index is 12.9. The van der Waals surface area contributed by atoms with Crippen molar-refractivity contribution in [1.29, 1.82) is 0 Å². The lowest BCUT2D eigenvalue weighted by Gasteiger charge is -2.21. The molecule has 0 unspecified atom stereocenters. The number of benzene rings is 1. The minimum absolute atomic E-state index is 0.163. The van der Waals surface area contributed by atoms with Gasteiger partial charge in [-0.2, -0.15) is 4.31 Å². The molecule has 24 heavy (non-hydrogen) atoms. The number of rotatable bonds is 3. The molecule has 1 aromatic carbocycles. The Hall–Kier alpha value is -1.11. The van der Waals surface area contributed by atoms with Gasteiger partial charge in [-0.3, -0.25) is 4.79 Å². The summed E-state index contributed by atoms with van der Waals surface area (Å²) >= 11 is 6.18. The fraction of sp³-hybridized carbons (Fsp3) is 0.588. The molecule has 0 saturated carbocycles. The van der Waals surface area contributed by atoms with Gasteiger partial charge in [-0.25, -0.2) is 8.42 Å². The number of carbonyl (C=O) groups excluding carboxylic acids is 1. The van der Waals surface area contributed by atoms with Crippen molar-refractivity contribution in [1.82, 2.24) is 9.21 Å². The van der Waals surface area contributed by atoms with Crippen LogP contribution in [0.4, 0.5) is 0 Å². The van der Waals surface area contributed by atoms with Gasteiger partial charge in [0.25, 0.3) is 5.91 Å². The molecule has 2 fully saturated rings. The van der Waals surface area contributed by atoms with Crippen LogP contribution < -0.4 is 0 Å². The summed E-state index contributed by atoms with van der Waals surface area (Å²) < 4.78 is 27.3. The normalized spacial score (nSPS) is 20.1. The second kappa shape index (κ2) is 7.42. The Kier molecular flexibility index (Phi) is 5.47. The molecular weight excluding hydrogens is 348 g/mol. The Morgan fingerprint density at radius 1 is 0.917 bits per heavy atom. The highest BCUT2D eigenvalue weighted by Crippen LogP contribution is 2.26. The Bertz CT molecular complexity index is 707. The van der Waals surface area contributed by atoms with Crippen molar-refractivity contribution >= 4 is 27.5 Å². The van der Waals surface area contributed by atoms with Crippen molar-refractivity contribution in [2.24, 2.45) is 0 Å². The molecule has 2 saturated heterocycles. The van der Waals surface area contributed by atoms with Gasteiger partial charge in [0.2, 0.25) is 10.0 Å². The van der Waals surface area contributed by atoms with E-state index in [0.717, 1.165) is 38.5 Å². The van der Waals surface area contributed by atoms with Gasteiger partial charge in [-0.1, -0.05) is 24.4 Å². The Labute approximate surface area is 148 Å². The number of hydrogen-bond acceptors (Lipinski definition) is 3. The summed E-state index contributed by atoms with van der Waals surface area (Å²) in [5.74, 6) is -0.176. The van der Waals surface area contributed by atoms with Gasteiger partial charge in [-0.15, -0.1) is 0 Å². The second-order valence-corrected chi connectivity index (χ2v) is 8.80. The van der Waals surface area contributed by atoms with Crippen LogP contribution >= 0.6 is 11.6 Å². The van der Waals surface area contributed by atoms with E-state index in [0.29, 0.717) is 31.2 Å². The first kappa shape index (κ1) is 17.7. The topological polar surface area (TPSA) is 57.7 Å². The average molecular weight is 371 g/mol. The molecule has 0 N–H and O–H groups in total. The molecule has 2 aliphatic rings. The Morgan fingerprint density at radius 2 is 1.50 bits per heavy atom. The third-order valence-electron chi connectivity index (χ3n) is 4.76.